The third kappa shape index (κ3) is 2.52. The second-order valence-electron chi connectivity index (χ2n) is 4.84. The highest BCUT2D eigenvalue weighted by Crippen LogP contribution is 2.23. The number of carboxylic acid groups (broad SMARTS) is 1. The highest BCUT2D eigenvalue weighted by atomic mass is 16.4. The Labute approximate surface area is 125 Å². The molecule has 1 atom stereocenters. The predicted octanol–water partition coefficient (Wildman–Crippen LogP) is 0.532. The molecule has 0 spiro atoms. The van der Waals surface area contributed by atoms with Crippen LogP contribution in [0.5, 0.6) is 0 Å². The summed E-state index contributed by atoms with van der Waals surface area (Å²) in [6.45, 7) is 0.885. The van der Waals surface area contributed by atoms with Gasteiger partial charge < -0.3 is 5.11 Å². The van der Waals surface area contributed by atoms with Crippen LogP contribution in [0.1, 0.15) is 34.1 Å². The quantitative estimate of drug-likeness (QED) is 0.466. The number of aliphatic carboxylic acids is 1. The van der Waals surface area contributed by atoms with Crippen LogP contribution in [0.15, 0.2) is 24.3 Å². The topological polar surface area (TPSA) is 109 Å². The number of Topliss-reactive ketones (excluding diaryl/α,β-unsaturated/α-hetero) is 2. The molecule has 1 N–H and O–H groups in total. The summed E-state index contributed by atoms with van der Waals surface area (Å²) in [7, 11) is 0. The van der Waals surface area contributed by atoms with Crippen molar-refractivity contribution in [2.75, 3.05) is 6.54 Å². The first kappa shape index (κ1) is 15.6. The SMILES string of the molecule is CCC(C(=O)CN1C(=O)c2ccccc2C1=O)C(=O)C(=O)O. The molecule has 0 saturated carbocycles. The Morgan fingerprint density at radius 3 is 2.00 bits per heavy atom. The molecule has 0 saturated heterocycles. The lowest BCUT2D eigenvalue weighted by Crippen LogP contribution is -2.40. The van der Waals surface area contributed by atoms with Gasteiger partial charge in [0.25, 0.3) is 11.8 Å². The van der Waals surface area contributed by atoms with Gasteiger partial charge in [-0.05, 0) is 18.6 Å². The fraction of sp³-hybridized carbons (Fsp3) is 0.267. The van der Waals surface area contributed by atoms with Crippen molar-refractivity contribution in [2.24, 2.45) is 5.92 Å². The van der Waals surface area contributed by atoms with E-state index in [0.717, 1.165) is 4.90 Å². The van der Waals surface area contributed by atoms with E-state index in [9.17, 15) is 24.0 Å². The average molecular weight is 303 g/mol. The van der Waals surface area contributed by atoms with Gasteiger partial charge in [-0.3, -0.25) is 24.1 Å². The van der Waals surface area contributed by atoms with Crippen LogP contribution in [0.25, 0.3) is 0 Å². The number of carbonyl (C=O) groups is 5. The average Bonchev–Trinajstić information content (AvgIpc) is 2.73. The Balaban J connectivity index is 2.20. The minimum atomic E-state index is -1.71. The van der Waals surface area contributed by atoms with Gasteiger partial charge in [0.05, 0.1) is 23.6 Å². The Bertz CT molecular complexity index is 658. The molecule has 1 aliphatic heterocycles. The molecule has 2 rings (SSSR count). The molecule has 1 aromatic rings. The molecule has 0 radical (unpaired) electrons. The first-order valence-corrected chi connectivity index (χ1v) is 6.63. The first-order valence-electron chi connectivity index (χ1n) is 6.63. The largest absolute Gasteiger partial charge is 0.475 e. The monoisotopic (exact) mass is 303 g/mol. The molecule has 2 amide bonds. The molecule has 22 heavy (non-hydrogen) atoms. The molecule has 1 aliphatic rings. The van der Waals surface area contributed by atoms with Gasteiger partial charge in [0, 0.05) is 0 Å². The van der Waals surface area contributed by atoms with Crippen molar-refractivity contribution in [3.63, 3.8) is 0 Å². The van der Waals surface area contributed by atoms with Crippen LogP contribution < -0.4 is 0 Å². The Kier molecular flexibility index (Phi) is 4.16. The van der Waals surface area contributed by atoms with Crippen molar-refractivity contribution in [1.29, 1.82) is 0 Å². The van der Waals surface area contributed by atoms with Crippen molar-refractivity contribution >= 4 is 29.4 Å². The summed E-state index contributed by atoms with van der Waals surface area (Å²) in [5.41, 5.74) is 0.385. The van der Waals surface area contributed by atoms with E-state index < -0.39 is 41.8 Å². The minimum absolute atomic E-state index is 0.00681. The van der Waals surface area contributed by atoms with Crippen LogP contribution in [0, 0.1) is 5.92 Å². The van der Waals surface area contributed by atoms with Crippen molar-refractivity contribution in [3.8, 4) is 0 Å². The van der Waals surface area contributed by atoms with E-state index >= 15 is 0 Å². The number of ketones is 2. The molecule has 1 unspecified atom stereocenters. The third-order valence-electron chi connectivity index (χ3n) is 3.52. The van der Waals surface area contributed by atoms with Crippen molar-refractivity contribution < 1.29 is 29.1 Å². The van der Waals surface area contributed by atoms with Crippen LogP contribution in [-0.2, 0) is 14.4 Å². The molecule has 0 aliphatic carbocycles. The van der Waals surface area contributed by atoms with E-state index in [4.69, 9.17) is 5.11 Å². The van der Waals surface area contributed by atoms with Gasteiger partial charge in [0.2, 0.25) is 5.78 Å². The van der Waals surface area contributed by atoms with Crippen molar-refractivity contribution in [1.82, 2.24) is 4.90 Å². The lowest BCUT2D eigenvalue weighted by atomic mass is 9.95. The molecule has 1 aromatic carbocycles. The van der Waals surface area contributed by atoms with Gasteiger partial charge >= 0.3 is 5.97 Å². The van der Waals surface area contributed by atoms with Gasteiger partial charge in [0.15, 0.2) is 5.78 Å². The summed E-state index contributed by atoms with van der Waals surface area (Å²) in [6, 6.07) is 6.13. The number of benzene rings is 1. The zero-order valence-electron chi connectivity index (χ0n) is 11.7. The number of hydrogen-bond donors (Lipinski definition) is 1. The Morgan fingerprint density at radius 1 is 1.09 bits per heavy atom. The zero-order valence-corrected chi connectivity index (χ0v) is 11.7. The van der Waals surface area contributed by atoms with Gasteiger partial charge in [-0.25, -0.2) is 4.79 Å². The number of hydrogen-bond acceptors (Lipinski definition) is 5. The van der Waals surface area contributed by atoms with E-state index in [1.165, 1.54) is 19.1 Å². The summed E-state index contributed by atoms with van der Waals surface area (Å²) in [5.74, 6) is -6.30. The van der Waals surface area contributed by atoms with Gasteiger partial charge in [0.1, 0.15) is 0 Å². The fourth-order valence-corrected chi connectivity index (χ4v) is 2.36. The predicted molar refractivity (Wildman–Crippen MR) is 73.2 cm³/mol. The van der Waals surface area contributed by atoms with Crippen LogP contribution in [0.4, 0.5) is 0 Å². The maximum atomic E-state index is 12.1. The second-order valence-corrected chi connectivity index (χ2v) is 4.84. The summed E-state index contributed by atoms with van der Waals surface area (Å²) in [5, 5.41) is 8.69. The molecule has 0 aromatic heterocycles. The van der Waals surface area contributed by atoms with Crippen LogP contribution >= 0.6 is 0 Å². The lowest BCUT2D eigenvalue weighted by Gasteiger charge is -2.16. The molecular weight excluding hydrogens is 290 g/mol. The van der Waals surface area contributed by atoms with Crippen molar-refractivity contribution in [2.45, 2.75) is 13.3 Å². The number of amides is 2. The minimum Gasteiger partial charge on any atom is -0.475 e. The number of imide groups is 1. The number of rotatable bonds is 6. The third-order valence-corrected chi connectivity index (χ3v) is 3.52. The maximum Gasteiger partial charge on any atom is 0.372 e. The van der Waals surface area contributed by atoms with E-state index in [1.807, 2.05) is 0 Å². The van der Waals surface area contributed by atoms with E-state index in [1.54, 1.807) is 12.1 Å². The zero-order chi connectivity index (χ0) is 16.4. The van der Waals surface area contributed by atoms with Gasteiger partial charge in [-0.15, -0.1) is 0 Å². The second kappa shape index (κ2) is 5.88. The Hall–Kier alpha value is -2.83. The van der Waals surface area contributed by atoms with Crippen molar-refractivity contribution in [3.05, 3.63) is 35.4 Å². The highest BCUT2D eigenvalue weighted by Gasteiger charge is 2.39. The fourth-order valence-electron chi connectivity index (χ4n) is 2.36. The summed E-state index contributed by atoms with van der Waals surface area (Å²) in [4.78, 5) is 59.2. The smallest absolute Gasteiger partial charge is 0.372 e. The normalized spacial score (nSPS) is 14.7. The Morgan fingerprint density at radius 2 is 1.59 bits per heavy atom. The first-order chi connectivity index (χ1) is 10.4. The molecule has 7 nitrogen and oxygen atoms in total. The lowest BCUT2D eigenvalue weighted by molar-refractivity contribution is -0.153. The highest BCUT2D eigenvalue weighted by molar-refractivity contribution is 6.38. The molecule has 0 bridgehead atoms. The molecule has 1 heterocycles. The molecule has 0 fully saturated rings. The van der Waals surface area contributed by atoms with Gasteiger partial charge in [-0.2, -0.15) is 0 Å². The van der Waals surface area contributed by atoms with Crippen LogP contribution in [0.3, 0.4) is 0 Å². The summed E-state index contributed by atoms with van der Waals surface area (Å²) < 4.78 is 0. The maximum absolute atomic E-state index is 12.1. The van der Waals surface area contributed by atoms with E-state index in [2.05, 4.69) is 0 Å². The van der Waals surface area contributed by atoms with E-state index in [-0.39, 0.29) is 17.5 Å². The molecule has 114 valence electrons. The number of fused-ring (bicyclic) bond motifs is 1. The molecule has 7 heteroatoms. The number of nitrogens with zero attached hydrogens (tertiary/aromatic N) is 1. The molecular formula is C15H13NO6. The standard InChI is InChI=1S/C15H13NO6/c1-2-8(12(18)15(21)22)11(17)7-16-13(19)9-5-3-4-6-10(9)14(16)20/h3-6,8H,2,7H2,1H3,(H,21,22). The summed E-state index contributed by atoms with van der Waals surface area (Å²) in [6.07, 6.45) is -0.00681. The summed E-state index contributed by atoms with van der Waals surface area (Å²) >= 11 is 0. The number of carboxylic acids is 1. The number of carbonyl (C=O) groups excluding carboxylic acids is 4. The van der Waals surface area contributed by atoms with Gasteiger partial charge in [-0.1, -0.05) is 19.1 Å². The van der Waals surface area contributed by atoms with E-state index in [0.29, 0.717) is 0 Å². The van der Waals surface area contributed by atoms with Crippen LogP contribution in [0.2, 0.25) is 0 Å². The van der Waals surface area contributed by atoms with Crippen LogP contribution in [-0.4, -0.2) is 45.9 Å².